The predicted molar refractivity (Wildman–Crippen MR) is 151 cm³/mol. The van der Waals surface area contributed by atoms with Crippen LogP contribution in [0.4, 0.5) is 0 Å². The highest BCUT2D eigenvalue weighted by Crippen LogP contribution is 2.30. The third-order valence-corrected chi connectivity index (χ3v) is 6.88. The number of nitrogens with two attached hydrogens (primary N) is 2. The molecule has 0 unspecified atom stereocenters. The average molecular weight is 519 g/mol. The van der Waals surface area contributed by atoms with Gasteiger partial charge < -0.3 is 22.1 Å². The van der Waals surface area contributed by atoms with E-state index in [1.807, 2.05) is 49.3 Å². The fourth-order valence-electron chi connectivity index (χ4n) is 3.79. The standard InChI is InChI=1S/C25H40N4O2S.C2H6N2/c1-5-7-9-23(8-6-2)24(30)27-18-21-10-12-22(13-11-21)19-32-29(31)28(4)20-25(3)14-16-26-17-15-25;3-1-2-4/h6,8-13,26,31H,5,7,14-20H2,1-4H3,(H,27,30);1-2H,3-4H2/b8-6-,23-9+;2-1-. The zero-order valence-corrected chi connectivity index (χ0v) is 23.2. The van der Waals surface area contributed by atoms with Crippen LogP contribution in [0.1, 0.15) is 57.6 Å². The van der Waals surface area contributed by atoms with Crippen LogP contribution in [0.25, 0.3) is 0 Å². The summed E-state index contributed by atoms with van der Waals surface area (Å²) in [7, 11) is 1.93. The van der Waals surface area contributed by atoms with Gasteiger partial charge in [-0.1, -0.05) is 67.3 Å². The van der Waals surface area contributed by atoms with Crippen molar-refractivity contribution in [3.63, 3.8) is 0 Å². The molecular weight excluding hydrogens is 472 g/mol. The van der Waals surface area contributed by atoms with Gasteiger partial charge in [-0.15, -0.1) is 0 Å². The Morgan fingerprint density at radius 1 is 1.19 bits per heavy atom. The molecule has 1 aromatic carbocycles. The molecule has 0 radical (unpaired) electrons. The fraction of sp³-hybridized carbons (Fsp3) is 0.519. The van der Waals surface area contributed by atoms with E-state index >= 15 is 0 Å². The second kappa shape index (κ2) is 18.0. The van der Waals surface area contributed by atoms with Crippen LogP contribution >= 0.6 is 11.9 Å². The molecule has 0 aliphatic carbocycles. The van der Waals surface area contributed by atoms with Crippen molar-refractivity contribution in [1.29, 1.82) is 0 Å². The number of rotatable bonds is 12. The number of hydrogen-bond donors (Lipinski definition) is 5. The summed E-state index contributed by atoms with van der Waals surface area (Å²) >= 11 is 1.38. The second-order valence-electron chi connectivity index (χ2n) is 9.23. The van der Waals surface area contributed by atoms with E-state index in [-0.39, 0.29) is 11.3 Å². The quantitative estimate of drug-likeness (QED) is 0.122. The van der Waals surface area contributed by atoms with E-state index in [9.17, 15) is 10.0 Å². The molecule has 202 valence electrons. The van der Waals surface area contributed by atoms with Gasteiger partial charge in [-0.3, -0.25) is 10.0 Å². The van der Waals surface area contributed by atoms with E-state index in [0.717, 1.165) is 56.4 Å². The van der Waals surface area contributed by atoms with Crippen molar-refractivity contribution in [2.24, 2.45) is 16.9 Å². The zero-order valence-electron chi connectivity index (χ0n) is 22.4. The minimum absolute atomic E-state index is 0.0439. The van der Waals surface area contributed by atoms with Gasteiger partial charge in [-0.05, 0) is 67.8 Å². The van der Waals surface area contributed by atoms with Crippen LogP contribution in [-0.2, 0) is 17.1 Å². The van der Waals surface area contributed by atoms with E-state index in [1.165, 1.54) is 28.9 Å². The molecule has 1 fully saturated rings. The SMILES string of the molecule is C/C=C\C(=C/CCC)C(=O)NCc1ccc(CSN(O)N(C)CC2(C)CCNCC2)cc1.N/C=C\N. The number of benzene rings is 1. The summed E-state index contributed by atoms with van der Waals surface area (Å²) in [6, 6.07) is 8.16. The van der Waals surface area contributed by atoms with Gasteiger partial charge in [0.15, 0.2) is 0 Å². The third kappa shape index (κ3) is 12.6. The van der Waals surface area contributed by atoms with Gasteiger partial charge in [0.2, 0.25) is 0 Å². The molecule has 0 spiro atoms. The molecule has 8 nitrogen and oxygen atoms in total. The lowest BCUT2D eigenvalue weighted by Gasteiger charge is -2.38. The average Bonchev–Trinajstić information content (AvgIpc) is 2.89. The summed E-state index contributed by atoms with van der Waals surface area (Å²) in [5.41, 5.74) is 12.6. The number of hydrazine groups is 1. The molecule has 0 aromatic heterocycles. The van der Waals surface area contributed by atoms with Gasteiger partial charge in [0.25, 0.3) is 5.91 Å². The van der Waals surface area contributed by atoms with Crippen molar-refractivity contribution < 1.29 is 10.0 Å². The number of carbonyl (C=O) groups excluding carboxylic acids is 1. The number of nitrogens with one attached hydrogen (secondary N) is 2. The molecule has 1 aliphatic rings. The highest BCUT2D eigenvalue weighted by atomic mass is 32.2. The first-order valence-corrected chi connectivity index (χ1v) is 13.5. The van der Waals surface area contributed by atoms with E-state index in [4.69, 9.17) is 11.5 Å². The maximum atomic E-state index is 12.4. The van der Waals surface area contributed by atoms with E-state index in [1.54, 1.807) is 0 Å². The maximum absolute atomic E-state index is 12.4. The van der Waals surface area contributed by atoms with E-state index in [2.05, 4.69) is 36.6 Å². The van der Waals surface area contributed by atoms with Crippen LogP contribution in [0.3, 0.4) is 0 Å². The normalized spacial score (nSPS) is 15.9. The van der Waals surface area contributed by atoms with Crippen molar-refractivity contribution in [3.8, 4) is 0 Å². The molecular formula is C27H46N6O2S. The highest BCUT2D eigenvalue weighted by Gasteiger charge is 2.29. The Balaban J connectivity index is 0.00000150. The molecule has 1 aromatic rings. The van der Waals surface area contributed by atoms with Gasteiger partial charge in [0.05, 0.1) is 0 Å². The Kier molecular flexibility index (Phi) is 15.9. The number of carbonyl (C=O) groups is 1. The molecule has 0 bridgehead atoms. The molecule has 0 saturated carbocycles. The first kappa shape index (κ1) is 31.7. The molecule has 7 N–H and O–H groups in total. The van der Waals surface area contributed by atoms with E-state index in [0.29, 0.717) is 17.9 Å². The lowest BCUT2D eigenvalue weighted by molar-refractivity contribution is -0.158. The number of hydrogen-bond acceptors (Lipinski definition) is 8. The van der Waals surface area contributed by atoms with E-state index < -0.39 is 0 Å². The number of nitrogens with zero attached hydrogens (tertiary/aromatic N) is 2. The topological polar surface area (TPSA) is 120 Å². The molecule has 0 atom stereocenters. The largest absolute Gasteiger partial charge is 0.403 e. The number of allylic oxidation sites excluding steroid dienone is 2. The summed E-state index contributed by atoms with van der Waals surface area (Å²) < 4.78 is 1.26. The number of amides is 1. The van der Waals surface area contributed by atoms with Crippen LogP contribution in [0, 0.1) is 5.41 Å². The third-order valence-electron chi connectivity index (χ3n) is 5.91. The summed E-state index contributed by atoms with van der Waals surface area (Å²) in [6.07, 6.45) is 12.4. The van der Waals surface area contributed by atoms with Crippen LogP contribution in [0.2, 0.25) is 0 Å². The van der Waals surface area contributed by atoms with Crippen molar-refractivity contribution >= 4 is 17.9 Å². The Bertz CT molecular complexity index is 831. The van der Waals surface area contributed by atoms with Gasteiger partial charge in [-0.25, -0.2) is 5.01 Å². The Morgan fingerprint density at radius 3 is 2.36 bits per heavy atom. The second-order valence-corrected chi connectivity index (χ2v) is 10.1. The van der Waals surface area contributed by atoms with Crippen LogP contribution in [0.15, 0.2) is 60.5 Å². The van der Waals surface area contributed by atoms with Gasteiger partial charge in [0.1, 0.15) is 0 Å². The van der Waals surface area contributed by atoms with Crippen molar-refractivity contribution in [1.82, 2.24) is 20.2 Å². The van der Waals surface area contributed by atoms with Crippen LogP contribution in [0.5, 0.6) is 0 Å². The number of unbranched alkanes of at least 4 members (excludes halogenated alkanes) is 1. The summed E-state index contributed by atoms with van der Waals surface area (Å²) in [6.45, 7) is 9.73. The Labute approximate surface area is 221 Å². The lowest BCUT2D eigenvalue weighted by Crippen LogP contribution is -2.45. The summed E-state index contributed by atoms with van der Waals surface area (Å²) in [5, 5.41) is 18.7. The zero-order chi connectivity index (χ0) is 26.8. The monoisotopic (exact) mass is 518 g/mol. The molecule has 9 heteroatoms. The Hall–Kier alpha value is -2.30. The molecule has 1 amide bonds. The first-order chi connectivity index (χ1) is 17.3. The summed E-state index contributed by atoms with van der Waals surface area (Å²) in [5.74, 6) is 0.634. The smallest absolute Gasteiger partial charge is 0.251 e. The first-order valence-electron chi connectivity index (χ1n) is 12.6. The molecule has 1 heterocycles. The van der Waals surface area contributed by atoms with Crippen molar-refractivity contribution in [2.45, 2.75) is 58.8 Å². The van der Waals surface area contributed by atoms with Crippen molar-refractivity contribution in [3.05, 3.63) is 71.6 Å². The lowest BCUT2D eigenvalue weighted by atomic mass is 9.81. The summed E-state index contributed by atoms with van der Waals surface area (Å²) in [4.78, 5) is 12.4. The van der Waals surface area contributed by atoms with Gasteiger partial charge in [0, 0.05) is 43.9 Å². The predicted octanol–water partition coefficient (Wildman–Crippen LogP) is 4.06. The molecule has 36 heavy (non-hydrogen) atoms. The minimum Gasteiger partial charge on any atom is -0.403 e. The van der Waals surface area contributed by atoms with Gasteiger partial charge in [-0.2, -0.15) is 0 Å². The molecule has 2 rings (SSSR count). The molecule has 1 saturated heterocycles. The number of piperidine rings is 1. The minimum atomic E-state index is -0.0439. The molecule has 1 aliphatic heterocycles. The van der Waals surface area contributed by atoms with Crippen LogP contribution in [-0.4, -0.2) is 47.4 Å². The highest BCUT2D eigenvalue weighted by molar-refractivity contribution is 7.96. The fourth-order valence-corrected chi connectivity index (χ4v) is 4.50. The van der Waals surface area contributed by atoms with Gasteiger partial charge >= 0.3 is 0 Å². The Morgan fingerprint density at radius 2 is 1.81 bits per heavy atom. The maximum Gasteiger partial charge on any atom is 0.251 e. The van der Waals surface area contributed by atoms with Crippen molar-refractivity contribution in [2.75, 3.05) is 26.7 Å². The van der Waals surface area contributed by atoms with Crippen LogP contribution < -0.4 is 22.1 Å².